The summed E-state index contributed by atoms with van der Waals surface area (Å²) < 4.78 is 0. The van der Waals surface area contributed by atoms with Crippen molar-refractivity contribution in [2.24, 2.45) is 5.41 Å². The van der Waals surface area contributed by atoms with Gasteiger partial charge in [-0.3, -0.25) is 4.79 Å². The van der Waals surface area contributed by atoms with Gasteiger partial charge in [0.05, 0.1) is 0 Å². The molecule has 0 aromatic rings. The molecule has 0 saturated carbocycles. The van der Waals surface area contributed by atoms with E-state index in [1.807, 2.05) is 46.8 Å². The Morgan fingerprint density at radius 1 is 1.08 bits per heavy atom. The zero-order valence-corrected chi connectivity index (χ0v) is 8.64. The smallest absolute Gasteiger partial charge is 0.146 e. The molecule has 12 heavy (non-hydrogen) atoms. The molecule has 0 aromatic carbocycles. The first-order valence-corrected chi connectivity index (χ1v) is 4.19. The van der Waals surface area contributed by atoms with Gasteiger partial charge in [-0.25, -0.2) is 0 Å². The molecule has 0 aliphatic heterocycles. The highest BCUT2D eigenvalue weighted by Crippen LogP contribution is 2.23. The zero-order chi connectivity index (χ0) is 9.78. The molecule has 0 N–H and O–H groups in total. The van der Waals surface area contributed by atoms with E-state index in [1.54, 1.807) is 0 Å². The minimum Gasteiger partial charge on any atom is -0.298 e. The van der Waals surface area contributed by atoms with Gasteiger partial charge in [0.2, 0.25) is 0 Å². The third-order valence-corrected chi connectivity index (χ3v) is 1.59. The monoisotopic (exact) mass is 166 g/mol. The molecule has 0 aliphatic carbocycles. The van der Waals surface area contributed by atoms with Crippen molar-refractivity contribution in [1.82, 2.24) is 0 Å². The van der Waals surface area contributed by atoms with Gasteiger partial charge in [-0.1, -0.05) is 38.5 Å². The third kappa shape index (κ3) is 4.12. The Balaban J connectivity index is 4.68. The Morgan fingerprint density at radius 3 is 1.83 bits per heavy atom. The van der Waals surface area contributed by atoms with Crippen LogP contribution < -0.4 is 0 Å². The number of carbonyl (C=O) groups is 1. The van der Waals surface area contributed by atoms with Crippen molar-refractivity contribution < 1.29 is 4.79 Å². The number of hydrogen-bond acceptors (Lipinski definition) is 1. The molecule has 1 heteroatoms. The number of hydrogen-bond donors (Lipinski definition) is 0. The average Bonchev–Trinajstić information content (AvgIpc) is 1.85. The lowest BCUT2D eigenvalue weighted by molar-refractivity contribution is -0.105. The second kappa shape index (κ2) is 4.24. The quantitative estimate of drug-likeness (QED) is 0.350. The van der Waals surface area contributed by atoms with Crippen molar-refractivity contribution >= 4 is 6.29 Å². The maximum absolute atomic E-state index is 10.7. The first-order chi connectivity index (χ1) is 5.38. The van der Waals surface area contributed by atoms with Gasteiger partial charge in [0.1, 0.15) is 6.29 Å². The van der Waals surface area contributed by atoms with Gasteiger partial charge >= 0.3 is 0 Å². The predicted molar refractivity (Wildman–Crippen MR) is 53.0 cm³/mol. The predicted octanol–water partition coefficient (Wildman–Crippen LogP) is 3.12. The van der Waals surface area contributed by atoms with Crippen molar-refractivity contribution in [2.45, 2.75) is 34.6 Å². The van der Waals surface area contributed by atoms with E-state index in [0.29, 0.717) is 0 Å². The Hall–Kier alpha value is -0.850. The van der Waals surface area contributed by atoms with E-state index in [0.717, 1.165) is 11.9 Å². The topological polar surface area (TPSA) is 17.1 Å². The molecular weight excluding hydrogens is 148 g/mol. The molecule has 0 radical (unpaired) electrons. The van der Waals surface area contributed by atoms with Gasteiger partial charge in [0.15, 0.2) is 0 Å². The molecule has 0 bridgehead atoms. The normalized spacial score (nSPS) is 12.6. The standard InChI is InChI=1S/C11H18O/c1-9(2)6-7-10(8-12)11(3,4)5/h6-8H,1-5H3/b10-7-. The summed E-state index contributed by atoms with van der Waals surface area (Å²) in [7, 11) is 0. The molecule has 0 fully saturated rings. The highest BCUT2D eigenvalue weighted by atomic mass is 16.1. The Bertz CT molecular complexity index is 210. The van der Waals surface area contributed by atoms with E-state index >= 15 is 0 Å². The van der Waals surface area contributed by atoms with Crippen LogP contribution in [0.3, 0.4) is 0 Å². The van der Waals surface area contributed by atoms with E-state index in [-0.39, 0.29) is 5.41 Å². The summed E-state index contributed by atoms with van der Waals surface area (Å²) in [6, 6.07) is 0. The van der Waals surface area contributed by atoms with E-state index in [2.05, 4.69) is 0 Å². The van der Waals surface area contributed by atoms with Crippen molar-refractivity contribution in [2.75, 3.05) is 0 Å². The van der Waals surface area contributed by atoms with Crippen LogP contribution >= 0.6 is 0 Å². The van der Waals surface area contributed by atoms with Crippen molar-refractivity contribution in [3.8, 4) is 0 Å². The fourth-order valence-electron chi connectivity index (χ4n) is 0.723. The lowest BCUT2D eigenvalue weighted by atomic mass is 9.87. The van der Waals surface area contributed by atoms with E-state index < -0.39 is 0 Å². The Labute approximate surface area is 75.2 Å². The average molecular weight is 166 g/mol. The van der Waals surface area contributed by atoms with Crippen LogP contribution in [0.2, 0.25) is 0 Å². The van der Waals surface area contributed by atoms with Crippen LogP contribution in [0.5, 0.6) is 0 Å². The molecule has 0 amide bonds. The second-order valence-electron chi connectivity index (χ2n) is 4.23. The number of carbonyl (C=O) groups excluding carboxylic acids is 1. The van der Waals surface area contributed by atoms with Crippen LogP contribution in [0.25, 0.3) is 0 Å². The van der Waals surface area contributed by atoms with Gasteiger partial charge in [-0.2, -0.15) is 0 Å². The van der Waals surface area contributed by atoms with Gasteiger partial charge in [-0.15, -0.1) is 0 Å². The first kappa shape index (κ1) is 11.2. The van der Waals surface area contributed by atoms with Crippen molar-refractivity contribution in [3.63, 3.8) is 0 Å². The number of rotatable bonds is 2. The number of allylic oxidation sites excluding steroid dienone is 4. The molecular formula is C11H18O. The summed E-state index contributed by atoms with van der Waals surface area (Å²) in [4.78, 5) is 10.7. The molecule has 0 saturated heterocycles. The van der Waals surface area contributed by atoms with Gasteiger partial charge in [0, 0.05) is 0 Å². The molecule has 0 aromatic heterocycles. The molecule has 0 spiro atoms. The van der Waals surface area contributed by atoms with Crippen LogP contribution in [0, 0.1) is 5.41 Å². The summed E-state index contributed by atoms with van der Waals surface area (Å²) in [6.45, 7) is 10.1. The maximum Gasteiger partial charge on any atom is 0.146 e. The number of aldehydes is 1. The zero-order valence-electron chi connectivity index (χ0n) is 8.64. The van der Waals surface area contributed by atoms with Gasteiger partial charge in [0.25, 0.3) is 0 Å². The fraction of sp³-hybridized carbons (Fsp3) is 0.545. The summed E-state index contributed by atoms with van der Waals surface area (Å²) in [5, 5.41) is 0. The summed E-state index contributed by atoms with van der Waals surface area (Å²) in [6.07, 6.45) is 4.79. The largest absolute Gasteiger partial charge is 0.298 e. The van der Waals surface area contributed by atoms with Crippen molar-refractivity contribution in [3.05, 3.63) is 23.3 Å². The fourth-order valence-corrected chi connectivity index (χ4v) is 0.723. The van der Waals surface area contributed by atoms with E-state index in [4.69, 9.17) is 0 Å². The molecule has 68 valence electrons. The van der Waals surface area contributed by atoms with Crippen LogP contribution in [-0.4, -0.2) is 6.29 Å². The summed E-state index contributed by atoms with van der Waals surface area (Å²) >= 11 is 0. The molecule has 0 unspecified atom stereocenters. The van der Waals surface area contributed by atoms with Gasteiger partial charge < -0.3 is 0 Å². The molecule has 0 aliphatic rings. The lowest BCUT2D eigenvalue weighted by Gasteiger charge is -2.17. The van der Waals surface area contributed by atoms with Crippen LogP contribution in [0.4, 0.5) is 0 Å². The van der Waals surface area contributed by atoms with E-state index in [1.165, 1.54) is 5.57 Å². The van der Waals surface area contributed by atoms with Crippen LogP contribution in [-0.2, 0) is 4.79 Å². The minimum atomic E-state index is -0.0479. The van der Waals surface area contributed by atoms with Crippen LogP contribution in [0.1, 0.15) is 34.6 Å². The Morgan fingerprint density at radius 2 is 1.58 bits per heavy atom. The maximum atomic E-state index is 10.7. The Kier molecular flexibility index (Phi) is 3.94. The highest BCUT2D eigenvalue weighted by Gasteiger charge is 2.14. The summed E-state index contributed by atoms with van der Waals surface area (Å²) in [5.41, 5.74) is 2.00. The van der Waals surface area contributed by atoms with Crippen LogP contribution in [0.15, 0.2) is 23.3 Å². The molecule has 1 nitrogen and oxygen atoms in total. The van der Waals surface area contributed by atoms with Crippen molar-refractivity contribution in [1.29, 1.82) is 0 Å². The second-order valence-corrected chi connectivity index (χ2v) is 4.23. The summed E-state index contributed by atoms with van der Waals surface area (Å²) in [5.74, 6) is 0. The van der Waals surface area contributed by atoms with Gasteiger partial charge in [-0.05, 0) is 24.8 Å². The third-order valence-electron chi connectivity index (χ3n) is 1.59. The highest BCUT2D eigenvalue weighted by molar-refractivity contribution is 5.75. The van der Waals surface area contributed by atoms with E-state index in [9.17, 15) is 4.79 Å². The first-order valence-electron chi connectivity index (χ1n) is 4.19. The minimum absolute atomic E-state index is 0.0479. The molecule has 0 atom stereocenters. The molecule has 0 rings (SSSR count). The molecule has 0 heterocycles. The lowest BCUT2D eigenvalue weighted by Crippen LogP contribution is -2.10. The SMILES string of the molecule is CC(C)=C/C=C(/C=O)C(C)(C)C.